The summed E-state index contributed by atoms with van der Waals surface area (Å²) in [4.78, 5) is 24.6. The number of fused-ring (bicyclic) bond motifs is 1. The highest BCUT2D eigenvalue weighted by atomic mass is 19.1. The topological polar surface area (TPSA) is 58.6 Å². The molecule has 4 rings (SSSR count). The number of aromatic nitrogens is 2. The summed E-state index contributed by atoms with van der Waals surface area (Å²) < 4.78 is 18.8. The molecule has 0 N–H and O–H groups in total. The number of halogens is 1. The van der Waals surface area contributed by atoms with Crippen LogP contribution in [0, 0.1) is 5.82 Å². The van der Waals surface area contributed by atoms with Gasteiger partial charge in [0.1, 0.15) is 23.5 Å². The van der Waals surface area contributed by atoms with E-state index in [0.29, 0.717) is 11.1 Å². The standard InChI is InChI=1S/C21H21FN4O2/c1-14-12-25(16-8-6-15(7-9-16)21(27)28-2)10-11-26(14)20-17-4-3-5-18(22)19(17)23-13-24-20/h3-9,13-14H,10-12H2,1-2H3. The predicted molar refractivity (Wildman–Crippen MR) is 106 cm³/mol. The van der Waals surface area contributed by atoms with Crippen LogP contribution in [0.1, 0.15) is 17.3 Å². The van der Waals surface area contributed by atoms with Crippen LogP contribution in [-0.4, -0.2) is 48.7 Å². The smallest absolute Gasteiger partial charge is 0.337 e. The van der Waals surface area contributed by atoms with Gasteiger partial charge in [-0.2, -0.15) is 0 Å². The van der Waals surface area contributed by atoms with Gasteiger partial charge < -0.3 is 14.5 Å². The van der Waals surface area contributed by atoms with Gasteiger partial charge in [-0.05, 0) is 43.3 Å². The quantitative estimate of drug-likeness (QED) is 0.650. The van der Waals surface area contributed by atoms with Crippen LogP contribution in [0.25, 0.3) is 10.9 Å². The number of benzene rings is 2. The fourth-order valence-electron chi connectivity index (χ4n) is 3.70. The minimum absolute atomic E-state index is 0.176. The maximum absolute atomic E-state index is 14.1. The van der Waals surface area contributed by atoms with Crippen LogP contribution < -0.4 is 9.80 Å². The van der Waals surface area contributed by atoms with Gasteiger partial charge >= 0.3 is 5.97 Å². The molecule has 1 unspecified atom stereocenters. The maximum atomic E-state index is 14.1. The van der Waals surface area contributed by atoms with Crippen LogP contribution in [0.2, 0.25) is 0 Å². The zero-order chi connectivity index (χ0) is 19.7. The highest BCUT2D eigenvalue weighted by molar-refractivity contribution is 5.90. The van der Waals surface area contributed by atoms with Crippen molar-refractivity contribution in [2.24, 2.45) is 0 Å². The molecule has 1 fully saturated rings. The minimum Gasteiger partial charge on any atom is -0.465 e. The lowest BCUT2D eigenvalue weighted by Crippen LogP contribution is -2.52. The zero-order valence-corrected chi connectivity index (χ0v) is 15.8. The zero-order valence-electron chi connectivity index (χ0n) is 15.8. The lowest BCUT2D eigenvalue weighted by molar-refractivity contribution is 0.0600. The molecule has 0 saturated carbocycles. The molecule has 1 aliphatic rings. The van der Waals surface area contributed by atoms with Crippen molar-refractivity contribution >= 4 is 28.4 Å². The van der Waals surface area contributed by atoms with Crippen LogP contribution >= 0.6 is 0 Å². The monoisotopic (exact) mass is 380 g/mol. The molecule has 1 aromatic heterocycles. The summed E-state index contributed by atoms with van der Waals surface area (Å²) >= 11 is 0. The number of para-hydroxylation sites is 1. The van der Waals surface area contributed by atoms with Crippen molar-refractivity contribution in [2.75, 3.05) is 36.5 Å². The molecule has 0 amide bonds. The van der Waals surface area contributed by atoms with E-state index >= 15 is 0 Å². The predicted octanol–water partition coefficient (Wildman–Crippen LogP) is 3.27. The number of hydrogen-bond acceptors (Lipinski definition) is 6. The lowest BCUT2D eigenvalue weighted by atomic mass is 10.1. The Morgan fingerprint density at radius 3 is 2.64 bits per heavy atom. The number of carbonyl (C=O) groups excluding carboxylic acids is 1. The van der Waals surface area contributed by atoms with Gasteiger partial charge in [-0.15, -0.1) is 0 Å². The number of esters is 1. The van der Waals surface area contributed by atoms with Gasteiger partial charge in [0.05, 0.1) is 12.7 Å². The van der Waals surface area contributed by atoms with Crippen LogP contribution in [0.3, 0.4) is 0 Å². The molecule has 2 heterocycles. The average Bonchev–Trinajstić information content (AvgIpc) is 2.73. The third-order valence-corrected chi connectivity index (χ3v) is 5.15. The number of rotatable bonds is 3. The first-order chi connectivity index (χ1) is 13.6. The normalized spacial score (nSPS) is 17.0. The summed E-state index contributed by atoms with van der Waals surface area (Å²) in [5.74, 6) is 0.0865. The number of carbonyl (C=O) groups is 1. The molecule has 7 heteroatoms. The Morgan fingerprint density at radius 2 is 1.93 bits per heavy atom. The minimum atomic E-state index is -0.340. The summed E-state index contributed by atoms with van der Waals surface area (Å²) in [6.07, 6.45) is 1.42. The van der Waals surface area contributed by atoms with Gasteiger partial charge in [-0.3, -0.25) is 0 Å². The Balaban J connectivity index is 1.55. The van der Waals surface area contributed by atoms with E-state index in [1.54, 1.807) is 18.2 Å². The van der Waals surface area contributed by atoms with Crippen molar-refractivity contribution in [3.05, 3.63) is 60.2 Å². The first-order valence-corrected chi connectivity index (χ1v) is 9.17. The van der Waals surface area contributed by atoms with Crippen molar-refractivity contribution < 1.29 is 13.9 Å². The fourth-order valence-corrected chi connectivity index (χ4v) is 3.70. The molecule has 2 aromatic carbocycles. The summed E-state index contributed by atoms with van der Waals surface area (Å²) in [6.45, 7) is 4.46. The van der Waals surface area contributed by atoms with E-state index < -0.39 is 0 Å². The summed E-state index contributed by atoms with van der Waals surface area (Å²) in [5.41, 5.74) is 1.94. The molecule has 0 bridgehead atoms. The second kappa shape index (κ2) is 7.42. The fraction of sp³-hybridized carbons (Fsp3) is 0.286. The molecule has 0 aliphatic carbocycles. The molecule has 3 aromatic rings. The number of methoxy groups -OCH3 is 1. The van der Waals surface area contributed by atoms with E-state index in [2.05, 4.69) is 26.7 Å². The van der Waals surface area contributed by atoms with Crippen LogP contribution in [0.15, 0.2) is 48.8 Å². The van der Waals surface area contributed by atoms with Crippen molar-refractivity contribution in [2.45, 2.75) is 13.0 Å². The maximum Gasteiger partial charge on any atom is 0.337 e. The largest absolute Gasteiger partial charge is 0.465 e. The van der Waals surface area contributed by atoms with E-state index in [9.17, 15) is 9.18 Å². The van der Waals surface area contributed by atoms with Gasteiger partial charge in [-0.1, -0.05) is 6.07 Å². The lowest BCUT2D eigenvalue weighted by Gasteiger charge is -2.42. The Kier molecular flexibility index (Phi) is 4.81. The molecular weight excluding hydrogens is 359 g/mol. The molecule has 6 nitrogen and oxygen atoms in total. The van der Waals surface area contributed by atoms with Crippen molar-refractivity contribution in [1.82, 2.24) is 9.97 Å². The van der Waals surface area contributed by atoms with Crippen LogP contribution in [0.4, 0.5) is 15.9 Å². The number of hydrogen-bond donors (Lipinski definition) is 0. The van der Waals surface area contributed by atoms with Gasteiger partial charge in [0.15, 0.2) is 0 Å². The van der Waals surface area contributed by atoms with Crippen LogP contribution in [0.5, 0.6) is 0 Å². The Hall–Kier alpha value is -3.22. The number of piperazine rings is 1. The van der Waals surface area contributed by atoms with E-state index in [1.807, 2.05) is 18.2 Å². The Morgan fingerprint density at radius 1 is 1.14 bits per heavy atom. The van der Waals surface area contributed by atoms with Crippen molar-refractivity contribution in [3.63, 3.8) is 0 Å². The van der Waals surface area contributed by atoms with Gasteiger partial charge in [0, 0.05) is 36.7 Å². The van der Waals surface area contributed by atoms with Crippen LogP contribution in [-0.2, 0) is 4.74 Å². The van der Waals surface area contributed by atoms with Gasteiger partial charge in [0.25, 0.3) is 0 Å². The summed E-state index contributed by atoms with van der Waals surface area (Å²) in [5, 5.41) is 0.727. The molecule has 0 spiro atoms. The molecular formula is C21H21FN4O2. The van der Waals surface area contributed by atoms with E-state index in [0.717, 1.165) is 36.5 Å². The Bertz CT molecular complexity index is 1010. The SMILES string of the molecule is COC(=O)c1ccc(N2CCN(c3ncnc4c(F)cccc34)C(C)C2)cc1. The van der Waals surface area contributed by atoms with E-state index in [4.69, 9.17) is 4.74 Å². The second-order valence-corrected chi connectivity index (χ2v) is 6.86. The third-order valence-electron chi connectivity index (χ3n) is 5.15. The first-order valence-electron chi connectivity index (χ1n) is 9.17. The average molecular weight is 380 g/mol. The van der Waals surface area contributed by atoms with E-state index in [1.165, 1.54) is 19.5 Å². The first kappa shape index (κ1) is 18.2. The number of ether oxygens (including phenoxy) is 1. The second-order valence-electron chi connectivity index (χ2n) is 6.86. The Labute approximate surface area is 162 Å². The van der Waals surface area contributed by atoms with E-state index in [-0.39, 0.29) is 17.8 Å². The summed E-state index contributed by atoms with van der Waals surface area (Å²) in [7, 11) is 1.37. The number of nitrogens with zero attached hydrogens (tertiary/aromatic N) is 4. The van der Waals surface area contributed by atoms with Crippen molar-refractivity contribution in [3.8, 4) is 0 Å². The summed E-state index contributed by atoms with van der Waals surface area (Å²) in [6, 6.07) is 12.6. The molecule has 144 valence electrons. The van der Waals surface area contributed by atoms with Gasteiger partial charge in [-0.25, -0.2) is 19.2 Å². The number of anilines is 2. The molecule has 1 atom stereocenters. The van der Waals surface area contributed by atoms with Gasteiger partial charge in [0.2, 0.25) is 0 Å². The highest BCUT2D eigenvalue weighted by Gasteiger charge is 2.26. The van der Waals surface area contributed by atoms with Crippen molar-refractivity contribution in [1.29, 1.82) is 0 Å². The highest BCUT2D eigenvalue weighted by Crippen LogP contribution is 2.29. The molecule has 28 heavy (non-hydrogen) atoms. The molecule has 1 aliphatic heterocycles. The third kappa shape index (κ3) is 3.24. The molecule has 0 radical (unpaired) electrons. The molecule has 1 saturated heterocycles.